The van der Waals surface area contributed by atoms with Crippen molar-refractivity contribution in [1.29, 1.82) is 0 Å². The summed E-state index contributed by atoms with van der Waals surface area (Å²) in [6, 6.07) is 3.58. The van der Waals surface area contributed by atoms with Crippen LogP contribution in [0.25, 0.3) is 0 Å². The van der Waals surface area contributed by atoms with Gasteiger partial charge in [-0.1, -0.05) is 0 Å². The zero-order valence-electron chi connectivity index (χ0n) is 12.1. The smallest absolute Gasteiger partial charge is 0.269 e. The normalized spacial score (nSPS) is 18.4. The van der Waals surface area contributed by atoms with Crippen molar-refractivity contribution in [3.05, 3.63) is 39.8 Å². The van der Waals surface area contributed by atoms with E-state index in [0.717, 1.165) is 37.1 Å². The summed E-state index contributed by atoms with van der Waals surface area (Å²) in [7, 11) is 0. The molecule has 1 aliphatic rings. The second kappa shape index (κ2) is 6.31. The van der Waals surface area contributed by atoms with Crippen LogP contribution in [0.15, 0.2) is 22.9 Å². The molecule has 3 N–H and O–H groups in total. The average molecular weight is 318 g/mol. The third-order valence-electron chi connectivity index (χ3n) is 3.97. The number of nitrogens with two attached hydrogens (primary N) is 1. The number of carbonyl (C=O) groups excluding carboxylic acids is 2. The minimum atomic E-state index is -0.561. The highest BCUT2D eigenvalue weighted by Gasteiger charge is 2.29. The van der Waals surface area contributed by atoms with E-state index in [2.05, 4.69) is 10.2 Å². The third-order valence-corrected chi connectivity index (χ3v) is 4.70. The lowest BCUT2D eigenvalue weighted by atomic mass is 9.98. The van der Waals surface area contributed by atoms with Crippen molar-refractivity contribution in [2.24, 2.45) is 5.73 Å². The fourth-order valence-corrected chi connectivity index (χ4v) is 3.52. The molecule has 1 fully saturated rings. The number of rotatable bonds is 4. The van der Waals surface area contributed by atoms with Crippen LogP contribution in [0.2, 0.25) is 0 Å². The van der Waals surface area contributed by atoms with E-state index in [-0.39, 0.29) is 17.6 Å². The molecule has 0 saturated carbocycles. The highest BCUT2D eigenvalue weighted by molar-refractivity contribution is 7.08. The monoisotopic (exact) mass is 318 g/mol. The summed E-state index contributed by atoms with van der Waals surface area (Å²) < 4.78 is 0. The molecule has 22 heavy (non-hydrogen) atoms. The number of aromatic nitrogens is 2. The number of hydrogen-bond donors (Lipinski definition) is 2. The Hall–Kier alpha value is -2.15. The Balaban J connectivity index is 1.78. The van der Waals surface area contributed by atoms with Gasteiger partial charge in [0.15, 0.2) is 0 Å². The molecule has 0 aliphatic carbocycles. The van der Waals surface area contributed by atoms with E-state index >= 15 is 0 Å². The van der Waals surface area contributed by atoms with Crippen LogP contribution in [0.4, 0.5) is 0 Å². The fraction of sp³-hybridized carbons (Fsp3) is 0.400. The summed E-state index contributed by atoms with van der Waals surface area (Å²) in [6.07, 6.45) is 3.34. The predicted octanol–water partition coefficient (Wildman–Crippen LogP) is 1.87. The number of hydrogen-bond acceptors (Lipinski definition) is 4. The number of likely N-dealkylation sites (tertiary alicyclic amines) is 1. The van der Waals surface area contributed by atoms with Crippen molar-refractivity contribution in [2.45, 2.75) is 31.7 Å². The second-order valence-electron chi connectivity index (χ2n) is 5.48. The Kier molecular flexibility index (Phi) is 4.24. The van der Waals surface area contributed by atoms with Crippen molar-refractivity contribution in [1.82, 2.24) is 15.1 Å². The Morgan fingerprint density at radius 1 is 1.45 bits per heavy atom. The van der Waals surface area contributed by atoms with Gasteiger partial charge >= 0.3 is 0 Å². The molecule has 2 aromatic rings. The Morgan fingerprint density at radius 2 is 2.32 bits per heavy atom. The lowest BCUT2D eigenvalue weighted by Gasteiger charge is -2.35. The Morgan fingerprint density at radius 3 is 3.00 bits per heavy atom. The van der Waals surface area contributed by atoms with Crippen LogP contribution >= 0.6 is 11.3 Å². The fourth-order valence-electron chi connectivity index (χ4n) is 2.86. The molecule has 1 saturated heterocycles. The van der Waals surface area contributed by atoms with Gasteiger partial charge in [0.25, 0.3) is 5.91 Å². The van der Waals surface area contributed by atoms with Gasteiger partial charge in [0.1, 0.15) is 5.69 Å². The highest BCUT2D eigenvalue weighted by atomic mass is 32.1. The van der Waals surface area contributed by atoms with E-state index in [4.69, 9.17) is 5.73 Å². The van der Waals surface area contributed by atoms with E-state index in [1.54, 1.807) is 17.4 Å². The summed E-state index contributed by atoms with van der Waals surface area (Å²) in [5.74, 6) is -0.451. The highest BCUT2D eigenvalue weighted by Crippen LogP contribution is 2.30. The average Bonchev–Trinajstić information content (AvgIpc) is 3.18. The van der Waals surface area contributed by atoms with Crippen LogP contribution < -0.4 is 5.73 Å². The molecule has 0 bridgehead atoms. The zero-order chi connectivity index (χ0) is 15.5. The van der Waals surface area contributed by atoms with Gasteiger partial charge in [-0.25, -0.2) is 0 Å². The number of nitrogens with one attached hydrogen (secondary N) is 1. The first-order valence-corrected chi connectivity index (χ1v) is 8.25. The first kappa shape index (κ1) is 14.8. The van der Waals surface area contributed by atoms with Gasteiger partial charge in [-0.3, -0.25) is 14.7 Å². The number of piperidine rings is 1. The first-order valence-electron chi connectivity index (χ1n) is 7.31. The Bertz CT molecular complexity index is 665. The van der Waals surface area contributed by atoms with E-state index in [1.807, 2.05) is 21.7 Å². The number of thiophene rings is 1. The van der Waals surface area contributed by atoms with E-state index in [0.29, 0.717) is 6.42 Å². The summed E-state index contributed by atoms with van der Waals surface area (Å²) in [4.78, 5) is 25.7. The quantitative estimate of drug-likeness (QED) is 0.901. The maximum absolute atomic E-state index is 12.6. The van der Waals surface area contributed by atoms with Crippen LogP contribution in [0.5, 0.6) is 0 Å². The van der Waals surface area contributed by atoms with Gasteiger partial charge in [-0.2, -0.15) is 16.4 Å². The van der Waals surface area contributed by atoms with Crippen LogP contribution in [0, 0.1) is 0 Å². The molecule has 0 spiro atoms. The number of carbonyl (C=O) groups is 2. The molecule has 0 radical (unpaired) electrons. The van der Waals surface area contributed by atoms with Crippen molar-refractivity contribution < 1.29 is 9.59 Å². The van der Waals surface area contributed by atoms with Gasteiger partial charge in [-0.05, 0) is 47.7 Å². The molecule has 6 nitrogen and oxygen atoms in total. The van der Waals surface area contributed by atoms with Gasteiger partial charge in [0.2, 0.25) is 5.91 Å². The molecule has 116 valence electrons. The van der Waals surface area contributed by atoms with Crippen molar-refractivity contribution >= 4 is 23.2 Å². The summed E-state index contributed by atoms with van der Waals surface area (Å²) in [6.45, 7) is 0.735. The molecule has 0 unspecified atom stereocenters. The molecular weight excluding hydrogens is 300 g/mol. The SMILES string of the molecule is NC(=O)c1cc([C@@H]2CCCCN2C(=O)Cc2ccsc2)[nH]n1. The maximum atomic E-state index is 12.6. The summed E-state index contributed by atoms with van der Waals surface area (Å²) >= 11 is 1.59. The number of aromatic amines is 1. The van der Waals surface area contributed by atoms with Gasteiger partial charge < -0.3 is 10.6 Å². The number of nitrogens with zero attached hydrogens (tertiary/aromatic N) is 2. The second-order valence-corrected chi connectivity index (χ2v) is 6.26. The van der Waals surface area contributed by atoms with Crippen molar-refractivity contribution in [3.63, 3.8) is 0 Å². The molecule has 3 rings (SSSR count). The number of H-pyrrole nitrogens is 1. The van der Waals surface area contributed by atoms with Gasteiger partial charge in [0.05, 0.1) is 18.2 Å². The van der Waals surface area contributed by atoms with Crippen LogP contribution in [0.1, 0.15) is 47.1 Å². The molecule has 2 amide bonds. The van der Waals surface area contributed by atoms with Crippen LogP contribution in [-0.4, -0.2) is 33.5 Å². The topological polar surface area (TPSA) is 92.1 Å². The molecule has 2 aromatic heterocycles. The number of primary amides is 1. The summed E-state index contributed by atoms with van der Waals surface area (Å²) in [5.41, 5.74) is 7.28. The van der Waals surface area contributed by atoms with Crippen LogP contribution in [-0.2, 0) is 11.2 Å². The largest absolute Gasteiger partial charge is 0.364 e. The summed E-state index contributed by atoms with van der Waals surface area (Å²) in [5, 5.41) is 10.8. The zero-order valence-corrected chi connectivity index (χ0v) is 12.9. The van der Waals surface area contributed by atoms with Gasteiger partial charge in [0, 0.05) is 6.54 Å². The minimum absolute atomic E-state index is 0.0551. The third kappa shape index (κ3) is 3.04. The molecule has 7 heteroatoms. The predicted molar refractivity (Wildman–Crippen MR) is 83.4 cm³/mol. The van der Waals surface area contributed by atoms with Crippen molar-refractivity contribution in [3.8, 4) is 0 Å². The van der Waals surface area contributed by atoms with E-state index in [9.17, 15) is 9.59 Å². The Labute approximate surface area is 132 Å². The van der Waals surface area contributed by atoms with Gasteiger partial charge in [-0.15, -0.1) is 0 Å². The standard InChI is InChI=1S/C15H18N4O2S/c16-15(21)12-8-11(17-18-12)13-3-1-2-5-19(13)14(20)7-10-4-6-22-9-10/h4,6,8-9,13H,1-3,5,7H2,(H2,16,21)(H,17,18)/t13-/m0/s1. The molecule has 1 atom stereocenters. The number of amides is 2. The van der Waals surface area contributed by atoms with Crippen molar-refractivity contribution in [2.75, 3.05) is 6.54 Å². The van der Waals surface area contributed by atoms with E-state index in [1.165, 1.54) is 0 Å². The lowest BCUT2D eigenvalue weighted by molar-refractivity contribution is -0.134. The molecule has 3 heterocycles. The minimum Gasteiger partial charge on any atom is -0.364 e. The van der Waals surface area contributed by atoms with Crippen LogP contribution in [0.3, 0.4) is 0 Å². The van der Waals surface area contributed by atoms with E-state index < -0.39 is 5.91 Å². The lowest BCUT2D eigenvalue weighted by Crippen LogP contribution is -2.39. The molecule has 1 aliphatic heterocycles. The first-order chi connectivity index (χ1) is 10.6. The maximum Gasteiger partial charge on any atom is 0.269 e. The molecule has 0 aromatic carbocycles. The molecular formula is C15H18N4O2S.